The first kappa shape index (κ1) is 5.94. The fourth-order valence-corrected chi connectivity index (χ4v) is 1.05. The molecule has 2 nitrogen and oxygen atoms in total. The summed E-state index contributed by atoms with van der Waals surface area (Å²) in [5, 5.41) is 0. The molecular weight excluding hydrogens is 215 g/mol. The van der Waals surface area contributed by atoms with Gasteiger partial charge in [0.1, 0.15) is 7.05 Å². The van der Waals surface area contributed by atoms with Crippen LogP contribution in [0.25, 0.3) is 0 Å². The highest BCUT2D eigenvalue weighted by atomic mass is 127. The van der Waals surface area contributed by atoms with Crippen LogP contribution in [0, 0.1) is 3.70 Å². The molecule has 8 heavy (non-hydrogen) atoms. The molecule has 0 aliphatic carbocycles. The largest absolute Gasteiger partial charge is 0.238 e. The molecule has 0 fully saturated rings. The van der Waals surface area contributed by atoms with Crippen molar-refractivity contribution in [3.05, 3.63) is 22.3 Å². The average molecular weight is 221 g/mol. The lowest BCUT2D eigenvalue weighted by atomic mass is 10.7. The van der Waals surface area contributed by atoms with Crippen LogP contribution in [0.15, 0.2) is 18.6 Å². The molecule has 0 saturated carbocycles. The third-order valence-electron chi connectivity index (χ3n) is 0.810. The zero-order valence-electron chi connectivity index (χ0n) is 4.50. The smallest absolute Gasteiger partial charge is 0.200 e. The van der Waals surface area contributed by atoms with Gasteiger partial charge in [-0.25, -0.2) is 9.55 Å². The molecule has 42 valence electrons. The Balaban J connectivity index is 3.08. The van der Waals surface area contributed by atoms with Crippen LogP contribution in [0.3, 0.4) is 0 Å². The molecule has 0 aliphatic heterocycles. The Bertz CT molecular complexity index is 170. The molecule has 0 bridgehead atoms. The zero-order valence-corrected chi connectivity index (χ0v) is 6.66. The number of aromatic nitrogens is 2. The number of hydrogen-bond donors (Lipinski definition) is 0. The molecule has 0 unspecified atom stereocenters. The van der Waals surface area contributed by atoms with E-state index in [1.165, 1.54) is 0 Å². The molecule has 0 aromatic carbocycles. The fraction of sp³-hybridized carbons (Fsp3) is 0.200. The Morgan fingerprint density at radius 3 is 2.88 bits per heavy atom. The number of aryl methyl sites for hydroxylation is 1. The third-order valence-corrected chi connectivity index (χ3v) is 1.37. The van der Waals surface area contributed by atoms with Crippen LogP contribution in [0.1, 0.15) is 0 Å². The van der Waals surface area contributed by atoms with Crippen molar-refractivity contribution in [2.75, 3.05) is 0 Å². The van der Waals surface area contributed by atoms with Gasteiger partial charge < -0.3 is 0 Å². The first-order chi connectivity index (χ1) is 3.79. The fourth-order valence-electron chi connectivity index (χ4n) is 0.454. The molecule has 0 aliphatic rings. The summed E-state index contributed by atoms with van der Waals surface area (Å²) >= 11 is 2.17. The number of rotatable bonds is 0. The molecule has 0 N–H and O–H groups in total. The van der Waals surface area contributed by atoms with E-state index < -0.39 is 0 Å². The standard InChI is InChI=1S/C5H6IN2/c1-8-3-2-7-5(6)4-8/h2-4H,1H3/q+1. The summed E-state index contributed by atoms with van der Waals surface area (Å²) in [6.45, 7) is 0. The summed E-state index contributed by atoms with van der Waals surface area (Å²) < 4.78 is 2.99. The Morgan fingerprint density at radius 1 is 1.75 bits per heavy atom. The van der Waals surface area contributed by atoms with Crippen molar-refractivity contribution in [3.63, 3.8) is 0 Å². The third kappa shape index (κ3) is 1.40. The molecule has 1 heterocycles. The Labute approximate surface area is 61.7 Å². The van der Waals surface area contributed by atoms with Crippen LogP contribution in [-0.2, 0) is 7.05 Å². The van der Waals surface area contributed by atoms with Crippen molar-refractivity contribution in [1.82, 2.24) is 4.98 Å². The average Bonchev–Trinajstić information content (AvgIpc) is 1.64. The number of halogens is 1. The Hall–Kier alpha value is -0.190. The number of nitrogens with zero attached hydrogens (tertiary/aromatic N) is 2. The van der Waals surface area contributed by atoms with Gasteiger partial charge in [-0.1, -0.05) is 0 Å². The second-order valence-electron chi connectivity index (χ2n) is 1.54. The minimum Gasteiger partial charge on any atom is -0.238 e. The van der Waals surface area contributed by atoms with Crippen LogP contribution in [0.5, 0.6) is 0 Å². The van der Waals surface area contributed by atoms with E-state index >= 15 is 0 Å². The SMILES string of the molecule is C[n+]1ccnc(I)c1. The maximum atomic E-state index is 4.01. The Morgan fingerprint density at radius 2 is 2.50 bits per heavy atom. The summed E-state index contributed by atoms with van der Waals surface area (Å²) in [6, 6.07) is 0. The van der Waals surface area contributed by atoms with Gasteiger partial charge in [0.05, 0.1) is 6.20 Å². The topological polar surface area (TPSA) is 16.8 Å². The van der Waals surface area contributed by atoms with Crippen molar-refractivity contribution < 1.29 is 4.57 Å². The van der Waals surface area contributed by atoms with Crippen molar-refractivity contribution in [2.45, 2.75) is 0 Å². The maximum absolute atomic E-state index is 4.01. The highest BCUT2D eigenvalue weighted by molar-refractivity contribution is 14.1. The number of hydrogen-bond acceptors (Lipinski definition) is 1. The van der Waals surface area contributed by atoms with E-state index in [2.05, 4.69) is 27.6 Å². The summed E-state index contributed by atoms with van der Waals surface area (Å²) in [5.74, 6) is 0. The van der Waals surface area contributed by atoms with Gasteiger partial charge >= 0.3 is 0 Å². The van der Waals surface area contributed by atoms with Gasteiger partial charge in [0.15, 0.2) is 9.90 Å². The lowest BCUT2D eigenvalue weighted by Gasteiger charge is -1.83. The van der Waals surface area contributed by atoms with Crippen LogP contribution in [0.2, 0.25) is 0 Å². The quantitative estimate of drug-likeness (QED) is 0.460. The van der Waals surface area contributed by atoms with Gasteiger partial charge in [-0.05, 0) is 22.6 Å². The van der Waals surface area contributed by atoms with E-state index in [4.69, 9.17) is 0 Å². The van der Waals surface area contributed by atoms with Crippen molar-refractivity contribution >= 4 is 22.6 Å². The van der Waals surface area contributed by atoms with Gasteiger partial charge in [0.25, 0.3) is 0 Å². The summed E-state index contributed by atoms with van der Waals surface area (Å²) in [7, 11) is 1.98. The monoisotopic (exact) mass is 221 g/mol. The van der Waals surface area contributed by atoms with E-state index in [9.17, 15) is 0 Å². The lowest BCUT2D eigenvalue weighted by molar-refractivity contribution is -0.672. The van der Waals surface area contributed by atoms with Crippen LogP contribution in [0.4, 0.5) is 0 Å². The van der Waals surface area contributed by atoms with Gasteiger partial charge in [-0.2, -0.15) is 0 Å². The first-order valence-electron chi connectivity index (χ1n) is 2.26. The zero-order chi connectivity index (χ0) is 5.98. The van der Waals surface area contributed by atoms with Crippen LogP contribution < -0.4 is 4.57 Å². The minimum absolute atomic E-state index is 1.02. The second-order valence-corrected chi connectivity index (χ2v) is 2.65. The van der Waals surface area contributed by atoms with Crippen LogP contribution >= 0.6 is 22.6 Å². The minimum atomic E-state index is 1.02. The normalized spacial score (nSPS) is 9.25. The van der Waals surface area contributed by atoms with Crippen molar-refractivity contribution in [3.8, 4) is 0 Å². The second kappa shape index (κ2) is 2.39. The molecular formula is C5H6IN2+. The predicted molar refractivity (Wildman–Crippen MR) is 38.1 cm³/mol. The van der Waals surface area contributed by atoms with Gasteiger partial charge in [-0.15, -0.1) is 0 Å². The molecule has 1 aromatic rings. The molecule has 3 heteroatoms. The van der Waals surface area contributed by atoms with Crippen molar-refractivity contribution in [2.24, 2.45) is 7.05 Å². The maximum Gasteiger partial charge on any atom is 0.200 e. The van der Waals surface area contributed by atoms with Crippen molar-refractivity contribution in [1.29, 1.82) is 0 Å². The van der Waals surface area contributed by atoms with E-state index in [-0.39, 0.29) is 0 Å². The summed E-state index contributed by atoms with van der Waals surface area (Å²) in [6.07, 6.45) is 5.64. The predicted octanol–water partition coefficient (Wildman–Crippen LogP) is 0.511. The summed E-state index contributed by atoms with van der Waals surface area (Å²) in [5.41, 5.74) is 0. The Kier molecular flexibility index (Phi) is 1.77. The molecule has 0 saturated heterocycles. The van der Waals surface area contributed by atoms with E-state index in [0.717, 1.165) is 3.70 Å². The first-order valence-corrected chi connectivity index (χ1v) is 3.34. The summed E-state index contributed by atoms with van der Waals surface area (Å²) in [4.78, 5) is 4.01. The van der Waals surface area contributed by atoms with Gasteiger partial charge in [0.2, 0.25) is 6.20 Å². The van der Waals surface area contributed by atoms with Crippen LogP contribution in [-0.4, -0.2) is 4.98 Å². The molecule has 1 aromatic heterocycles. The molecule has 0 atom stereocenters. The van der Waals surface area contributed by atoms with E-state index in [1.54, 1.807) is 6.20 Å². The highest BCUT2D eigenvalue weighted by Crippen LogP contribution is 1.90. The molecule has 0 radical (unpaired) electrons. The van der Waals surface area contributed by atoms with Gasteiger partial charge in [-0.3, -0.25) is 0 Å². The molecule has 0 amide bonds. The molecule has 1 rings (SSSR count). The molecule has 0 spiro atoms. The lowest BCUT2D eigenvalue weighted by Crippen LogP contribution is -2.27. The van der Waals surface area contributed by atoms with Gasteiger partial charge in [0, 0.05) is 0 Å². The van der Waals surface area contributed by atoms with E-state index in [0.29, 0.717) is 0 Å². The van der Waals surface area contributed by atoms with E-state index in [1.807, 2.05) is 24.0 Å². The highest BCUT2D eigenvalue weighted by Gasteiger charge is 1.90.